The van der Waals surface area contributed by atoms with Crippen LogP contribution in [-0.2, 0) is 0 Å². The molecule has 0 saturated carbocycles. The summed E-state index contributed by atoms with van der Waals surface area (Å²) in [5, 5.41) is 3.31. The van der Waals surface area contributed by atoms with Gasteiger partial charge in [-0.3, -0.25) is 0 Å². The molecule has 102 valence electrons. The van der Waals surface area contributed by atoms with Crippen molar-refractivity contribution in [1.82, 2.24) is 4.90 Å². The van der Waals surface area contributed by atoms with Crippen LogP contribution < -0.4 is 15.8 Å². The van der Waals surface area contributed by atoms with Crippen LogP contribution in [0.3, 0.4) is 0 Å². The van der Waals surface area contributed by atoms with Crippen molar-refractivity contribution in [1.29, 1.82) is 0 Å². The predicted octanol–water partition coefficient (Wildman–Crippen LogP) is 1.78. The van der Waals surface area contributed by atoms with Crippen molar-refractivity contribution in [3.8, 4) is 5.75 Å². The average molecular weight is 251 g/mol. The van der Waals surface area contributed by atoms with Gasteiger partial charge in [0.05, 0.1) is 6.61 Å². The molecule has 1 aromatic carbocycles. The zero-order valence-corrected chi connectivity index (χ0v) is 11.5. The number of benzene rings is 1. The van der Waals surface area contributed by atoms with Gasteiger partial charge in [-0.05, 0) is 57.7 Å². The number of anilines is 1. The first-order chi connectivity index (χ1) is 8.72. The molecule has 0 aliphatic carbocycles. The van der Waals surface area contributed by atoms with Crippen LogP contribution in [0.1, 0.15) is 12.8 Å². The van der Waals surface area contributed by atoms with E-state index in [1.807, 2.05) is 24.3 Å². The molecule has 0 saturated heterocycles. The fourth-order valence-electron chi connectivity index (χ4n) is 1.57. The molecule has 4 nitrogen and oxygen atoms in total. The molecule has 4 heteroatoms. The molecule has 18 heavy (non-hydrogen) atoms. The Kier molecular flexibility index (Phi) is 7.22. The molecule has 0 atom stereocenters. The standard InChI is InChI=1S/C14H25N3O/c1-17(2)11-4-12-18-14-7-5-13(6-8-14)16-10-3-9-15/h5-8,16H,3-4,9-12,15H2,1-2H3. The number of nitrogens with one attached hydrogen (secondary N) is 1. The predicted molar refractivity (Wildman–Crippen MR) is 77.3 cm³/mol. The van der Waals surface area contributed by atoms with Gasteiger partial charge in [0.25, 0.3) is 0 Å². The van der Waals surface area contributed by atoms with Gasteiger partial charge in [0, 0.05) is 18.8 Å². The van der Waals surface area contributed by atoms with Crippen molar-refractivity contribution in [2.45, 2.75) is 12.8 Å². The van der Waals surface area contributed by atoms with Gasteiger partial charge < -0.3 is 20.7 Å². The van der Waals surface area contributed by atoms with Gasteiger partial charge in [0.2, 0.25) is 0 Å². The Morgan fingerprint density at radius 2 is 1.89 bits per heavy atom. The molecular formula is C14H25N3O. The number of nitrogens with zero attached hydrogens (tertiary/aromatic N) is 1. The molecule has 1 aromatic rings. The Hall–Kier alpha value is -1.26. The van der Waals surface area contributed by atoms with E-state index in [1.165, 1.54) is 0 Å². The number of ether oxygens (including phenoxy) is 1. The van der Waals surface area contributed by atoms with Crippen molar-refractivity contribution in [2.24, 2.45) is 5.73 Å². The number of nitrogens with two attached hydrogens (primary N) is 1. The highest BCUT2D eigenvalue weighted by Gasteiger charge is 1.96. The summed E-state index contributed by atoms with van der Waals surface area (Å²) in [6, 6.07) is 8.08. The van der Waals surface area contributed by atoms with E-state index in [0.717, 1.165) is 50.5 Å². The first-order valence-corrected chi connectivity index (χ1v) is 6.54. The van der Waals surface area contributed by atoms with E-state index in [1.54, 1.807) is 0 Å². The quantitative estimate of drug-likeness (QED) is 0.657. The zero-order valence-electron chi connectivity index (χ0n) is 11.5. The zero-order chi connectivity index (χ0) is 13.2. The minimum absolute atomic E-state index is 0.722. The van der Waals surface area contributed by atoms with Crippen LogP contribution in [0.25, 0.3) is 0 Å². The lowest BCUT2D eigenvalue weighted by molar-refractivity contribution is 0.281. The van der Waals surface area contributed by atoms with Crippen LogP contribution in [0.15, 0.2) is 24.3 Å². The summed E-state index contributed by atoms with van der Waals surface area (Å²) in [5.41, 5.74) is 6.56. The molecule has 1 rings (SSSR count). The van der Waals surface area contributed by atoms with Crippen molar-refractivity contribution < 1.29 is 4.74 Å². The monoisotopic (exact) mass is 251 g/mol. The molecular weight excluding hydrogens is 226 g/mol. The largest absolute Gasteiger partial charge is 0.494 e. The second-order valence-corrected chi connectivity index (χ2v) is 4.60. The number of hydrogen-bond acceptors (Lipinski definition) is 4. The van der Waals surface area contributed by atoms with Gasteiger partial charge in [-0.1, -0.05) is 0 Å². The van der Waals surface area contributed by atoms with Crippen molar-refractivity contribution in [2.75, 3.05) is 45.7 Å². The molecule has 0 aliphatic heterocycles. The lowest BCUT2D eigenvalue weighted by Gasteiger charge is -2.11. The summed E-state index contributed by atoms with van der Waals surface area (Å²) in [5.74, 6) is 0.929. The van der Waals surface area contributed by atoms with E-state index in [4.69, 9.17) is 10.5 Å². The van der Waals surface area contributed by atoms with Crippen molar-refractivity contribution in [3.63, 3.8) is 0 Å². The van der Waals surface area contributed by atoms with Gasteiger partial charge in [-0.15, -0.1) is 0 Å². The first-order valence-electron chi connectivity index (χ1n) is 6.54. The molecule has 0 bridgehead atoms. The third-order valence-corrected chi connectivity index (χ3v) is 2.58. The fourth-order valence-corrected chi connectivity index (χ4v) is 1.57. The highest BCUT2D eigenvalue weighted by atomic mass is 16.5. The molecule has 0 amide bonds. The molecule has 0 radical (unpaired) electrons. The van der Waals surface area contributed by atoms with Crippen molar-refractivity contribution in [3.05, 3.63) is 24.3 Å². The normalized spacial score (nSPS) is 10.7. The summed E-state index contributed by atoms with van der Waals surface area (Å²) in [6.45, 7) is 3.45. The summed E-state index contributed by atoms with van der Waals surface area (Å²) >= 11 is 0. The minimum atomic E-state index is 0.722. The van der Waals surface area contributed by atoms with Crippen LogP contribution in [-0.4, -0.2) is 45.2 Å². The van der Waals surface area contributed by atoms with Gasteiger partial charge in [-0.2, -0.15) is 0 Å². The summed E-state index contributed by atoms with van der Waals surface area (Å²) in [7, 11) is 4.14. The highest BCUT2D eigenvalue weighted by molar-refractivity contribution is 5.46. The van der Waals surface area contributed by atoms with Crippen LogP contribution >= 0.6 is 0 Å². The second-order valence-electron chi connectivity index (χ2n) is 4.60. The third kappa shape index (κ3) is 6.47. The Labute approximate surface area is 110 Å². The minimum Gasteiger partial charge on any atom is -0.494 e. The third-order valence-electron chi connectivity index (χ3n) is 2.58. The fraction of sp³-hybridized carbons (Fsp3) is 0.571. The average Bonchev–Trinajstić information content (AvgIpc) is 2.36. The summed E-state index contributed by atoms with van der Waals surface area (Å²) in [4.78, 5) is 2.16. The Bertz CT molecular complexity index is 311. The van der Waals surface area contributed by atoms with Gasteiger partial charge in [0.1, 0.15) is 5.75 Å². The molecule has 0 spiro atoms. The second kappa shape index (κ2) is 8.78. The molecule has 0 unspecified atom stereocenters. The van der Waals surface area contributed by atoms with E-state index in [0.29, 0.717) is 0 Å². The molecule has 3 N–H and O–H groups in total. The SMILES string of the molecule is CN(C)CCCOc1ccc(NCCCN)cc1. The molecule has 0 aliphatic rings. The van der Waals surface area contributed by atoms with E-state index in [-0.39, 0.29) is 0 Å². The molecule has 0 fully saturated rings. The van der Waals surface area contributed by atoms with Crippen LogP contribution in [0.2, 0.25) is 0 Å². The van der Waals surface area contributed by atoms with Crippen LogP contribution in [0, 0.1) is 0 Å². The maximum atomic E-state index is 5.66. The van der Waals surface area contributed by atoms with Crippen molar-refractivity contribution >= 4 is 5.69 Å². The Morgan fingerprint density at radius 3 is 2.50 bits per heavy atom. The van der Waals surface area contributed by atoms with E-state index < -0.39 is 0 Å². The van der Waals surface area contributed by atoms with Gasteiger partial charge in [0.15, 0.2) is 0 Å². The van der Waals surface area contributed by atoms with Crippen LogP contribution in [0.4, 0.5) is 5.69 Å². The number of hydrogen-bond donors (Lipinski definition) is 2. The number of rotatable bonds is 9. The summed E-state index contributed by atoms with van der Waals surface area (Å²) < 4.78 is 5.66. The first kappa shape index (κ1) is 14.8. The molecule has 0 heterocycles. The lowest BCUT2D eigenvalue weighted by Crippen LogP contribution is -2.15. The maximum absolute atomic E-state index is 5.66. The Morgan fingerprint density at radius 1 is 1.17 bits per heavy atom. The Balaban J connectivity index is 2.23. The maximum Gasteiger partial charge on any atom is 0.119 e. The van der Waals surface area contributed by atoms with E-state index in [2.05, 4.69) is 24.3 Å². The lowest BCUT2D eigenvalue weighted by atomic mass is 10.3. The summed E-state index contributed by atoms with van der Waals surface area (Å²) in [6.07, 6.45) is 2.03. The molecule has 0 aromatic heterocycles. The van der Waals surface area contributed by atoms with E-state index in [9.17, 15) is 0 Å². The topological polar surface area (TPSA) is 50.5 Å². The van der Waals surface area contributed by atoms with Gasteiger partial charge >= 0.3 is 0 Å². The smallest absolute Gasteiger partial charge is 0.119 e. The van der Waals surface area contributed by atoms with Crippen LogP contribution in [0.5, 0.6) is 5.75 Å². The highest BCUT2D eigenvalue weighted by Crippen LogP contribution is 2.15. The van der Waals surface area contributed by atoms with Gasteiger partial charge in [-0.25, -0.2) is 0 Å². The van der Waals surface area contributed by atoms with E-state index >= 15 is 0 Å².